The number of carbonyl (C=O) groups is 1. The van der Waals surface area contributed by atoms with Gasteiger partial charge in [0.1, 0.15) is 4.88 Å². The Kier molecular flexibility index (Phi) is 10.2. The van der Waals surface area contributed by atoms with Gasteiger partial charge in [-0.15, -0.1) is 11.3 Å². The van der Waals surface area contributed by atoms with Crippen molar-refractivity contribution in [3.05, 3.63) is 52.0 Å². The Bertz CT molecular complexity index is 763. The third kappa shape index (κ3) is 8.21. The molecule has 0 bridgehead atoms. The number of hydrogen-bond acceptors (Lipinski definition) is 5. The summed E-state index contributed by atoms with van der Waals surface area (Å²) in [5.74, 6) is 0.658. The number of aliphatic imine (C=N–C) groups is 1. The molecule has 1 heterocycles. The average Bonchev–Trinajstić information content (AvgIpc) is 3.17. The molecule has 0 saturated heterocycles. The van der Waals surface area contributed by atoms with E-state index in [0.717, 1.165) is 24.6 Å². The Hall–Kier alpha value is -2.45. The van der Waals surface area contributed by atoms with Crippen molar-refractivity contribution in [2.24, 2.45) is 4.99 Å². The molecule has 158 valence electrons. The molecular weight excluding hydrogens is 386 g/mol. The van der Waals surface area contributed by atoms with Crippen LogP contribution in [-0.4, -0.2) is 49.6 Å². The fourth-order valence-corrected chi connectivity index (χ4v) is 3.35. The summed E-state index contributed by atoms with van der Waals surface area (Å²) in [6.45, 7) is 9.13. The van der Waals surface area contributed by atoms with Gasteiger partial charge in [-0.3, -0.25) is 9.79 Å². The summed E-state index contributed by atoms with van der Waals surface area (Å²) in [5.41, 5.74) is 3.63. The molecule has 2 aromatic rings. The third-order valence-corrected chi connectivity index (χ3v) is 5.14. The van der Waals surface area contributed by atoms with Crippen LogP contribution in [0.15, 0.2) is 40.8 Å². The zero-order valence-corrected chi connectivity index (χ0v) is 18.2. The zero-order chi connectivity index (χ0) is 20.9. The lowest BCUT2D eigenvalue weighted by atomic mass is 10.1. The van der Waals surface area contributed by atoms with E-state index in [9.17, 15) is 4.79 Å². The highest BCUT2D eigenvalue weighted by atomic mass is 32.1. The summed E-state index contributed by atoms with van der Waals surface area (Å²) in [5, 5.41) is 9.34. The molecule has 0 aliphatic carbocycles. The number of benzene rings is 1. The van der Waals surface area contributed by atoms with Crippen molar-refractivity contribution >= 4 is 23.2 Å². The number of rotatable bonds is 11. The number of ether oxygens (including phenoxy) is 1. The molecule has 0 spiro atoms. The van der Waals surface area contributed by atoms with Crippen LogP contribution in [0, 0.1) is 6.92 Å². The fraction of sp³-hybridized carbons (Fsp3) is 0.476. The summed E-state index contributed by atoms with van der Waals surface area (Å²) in [6.07, 6.45) is 0.923. The summed E-state index contributed by atoms with van der Waals surface area (Å²) >= 11 is 1.35. The van der Waals surface area contributed by atoms with Gasteiger partial charge in [0.05, 0.1) is 17.3 Å². The second-order valence-corrected chi connectivity index (χ2v) is 7.34. The van der Waals surface area contributed by atoms with E-state index in [2.05, 4.69) is 45.0 Å². The minimum Gasteiger partial charge on any atom is -0.374 e. The molecular formula is C21H31N5O2S. The largest absolute Gasteiger partial charge is 0.374 e. The average molecular weight is 418 g/mol. The topological polar surface area (TPSA) is 87.6 Å². The van der Waals surface area contributed by atoms with Gasteiger partial charge in [0.15, 0.2) is 5.96 Å². The van der Waals surface area contributed by atoms with E-state index >= 15 is 0 Å². The van der Waals surface area contributed by atoms with E-state index in [1.54, 1.807) is 5.51 Å². The molecule has 29 heavy (non-hydrogen) atoms. The van der Waals surface area contributed by atoms with E-state index in [-0.39, 0.29) is 12.0 Å². The number of thiazole rings is 1. The number of guanidine groups is 1. The van der Waals surface area contributed by atoms with Gasteiger partial charge in [-0.05, 0) is 32.8 Å². The molecule has 0 fully saturated rings. The molecule has 8 heteroatoms. The highest BCUT2D eigenvalue weighted by Crippen LogP contribution is 2.15. The lowest BCUT2D eigenvalue weighted by molar-refractivity contribution is 0.0652. The van der Waals surface area contributed by atoms with Crippen LogP contribution in [0.5, 0.6) is 0 Å². The van der Waals surface area contributed by atoms with Crippen LogP contribution in [-0.2, 0) is 4.74 Å². The number of hydrogen-bond donors (Lipinski definition) is 3. The van der Waals surface area contributed by atoms with Crippen LogP contribution in [0.2, 0.25) is 0 Å². The fourth-order valence-electron chi connectivity index (χ4n) is 2.63. The van der Waals surface area contributed by atoms with Gasteiger partial charge in [0.2, 0.25) is 0 Å². The minimum atomic E-state index is -0.0848. The molecule has 1 amide bonds. The van der Waals surface area contributed by atoms with Gasteiger partial charge in [-0.25, -0.2) is 4.98 Å². The van der Waals surface area contributed by atoms with Crippen molar-refractivity contribution in [1.29, 1.82) is 0 Å². The van der Waals surface area contributed by atoms with E-state index in [1.807, 2.05) is 32.0 Å². The molecule has 1 aromatic heterocycles. The number of aryl methyl sites for hydroxylation is 1. The molecule has 0 aliphatic heterocycles. The molecule has 3 N–H and O–H groups in total. The van der Waals surface area contributed by atoms with Crippen molar-refractivity contribution in [3.63, 3.8) is 0 Å². The second-order valence-electron chi connectivity index (χ2n) is 6.49. The monoisotopic (exact) mass is 417 g/mol. The molecule has 1 unspecified atom stereocenters. The number of nitrogens with one attached hydrogen (secondary N) is 3. The normalized spacial score (nSPS) is 12.4. The molecule has 0 radical (unpaired) electrons. The number of amides is 1. The summed E-state index contributed by atoms with van der Waals surface area (Å²) in [6, 6.07) is 10.2. The molecule has 7 nitrogen and oxygen atoms in total. The number of aromatic nitrogens is 1. The Balaban J connectivity index is 1.64. The first-order valence-corrected chi connectivity index (χ1v) is 10.9. The number of nitrogens with zero attached hydrogens (tertiary/aromatic N) is 2. The van der Waals surface area contributed by atoms with Crippen molar-refractivity contribution in [2.45, 2.75) is 33.3 Å². The maximum atomic E-state index is 12.1. The Labute approximate surface area is 177 Å². The molecule has 1 atom stereocenters. The standard InChI is InChI=1S/C21H31N5O2S/c1-4-22-21(25-13-12-23-20(27)19-16(2)26-15-29-19)24-11-8-14-28-17(3)18-9-6-5-7-10-18/h5-7,9-10,15,17H,4,8,11-14H2,1-3H3,(H,23,27)(H2,22,24,25). The smallest absolute Gasteiger partial charge is 0.263 e. The van der Waals surface area contributed by atoms with Crippen LogP contribution in [0.1, 0.15) is 47.3 Å². The molecule has 0 saturated carbocycles. The molecule has 2 rings (SSSR count). The van der Waals surface area contributed by atoms with Gasteiger partial charge in [0, 0.05) is 32.8 Å². The first kappa shape index (κ1) is 22.8. The maximum absolute atomic E-state index is 12.1. The van der Waals surface area contributed by atoms with Gasteiger partial charge in [-0.1, -0.05) is 30.3 Å². The lowest BCUT2D eigenvalue weighted by Crippen LogP contribution is -2.41. The van der Waals surface area contributed by atoms with E-state index < -0.39 is 0 Å². The maximum Gasteiger partial charge on any atom is 0.263 e. The van der Waals surface area contributed by atoms with Gasteiger partial charge in [0.25, 0.3) is 5.91 Å². The highest BCUT2D eigenvalue weighted by molar-refractivity contribution is 7.11. The van der Waals surface area contributed by atoms with Crippen LogP contribution >= 0.6 is 11.3 Å². The predicted molar refractivity (Wildman–Crippen MR) is 119 cm³/mol. The van der Waals surface area contributed by atoms with Gasteiger partial charge in [-0.2, -0.15) is 0 Å². The third-order valence-electron chi connectivity index (χ3n) is 4.21. The summed E-state index contributed by atoms with van der Waals surface area (Å²) < 4.78 is 5.88. The zero-order valence-electron chi connectivity index (χ0n) is 17.4. The van der Waals surface area contributed by atoms with Gasteiger partial charge < -0.3 is 20.7 Å². The van der Waals surface area contributed by atoms with Crippen LogP contribution < -0.4 is 16.0 Å². The number of carbonyl (C=O) groups excluding carboxylic acids is 1. The van der Waals surface area contributed by atoms with Crippen LogP contribution in [0.3, 0.4) is 0 Å². The SMILES string of the molecule is CCNC(=NCCCOC(C)c1ccccc1)NCCNC(=O)c1scnc1C. The Morgan fingerprint density at radius 2 is 1.97 bits per heavy atom. The molecule has 0 aliphatic rings. The van der Waals surface area contributed by atoms with Crippen molar-refractivity contribution in [1.82, 2.24) is 20.9 Å². The van der Waals surface area contributed by atoms with Crippen molar-refractivity contribution in [3.8, 4) is 0 Å². The quantitative estimate of drug-likeness (QED) is 0.297. The van der Waals surface area contributed by atoms with Crippen LogP contribution in [0.25, 0.3) is 0 Å². The van der Waals surface area contributed by atoms with Crippen molar-refractivity contribution in [2.75, 3.05) is 32.8 Å². The second kappa shape index (κ2) is 12.9. The van der Waals surface area contributed by atoms with E-state index in [0.29, 0.717) is 31.1 Å². The molecule has 1 aromatic carbocycles. The first-order chi connectivity index (χ1) is 14.1. The Morgan fingerprint density at radius 1 is 1.21 bits per heavy atom. The van der Waals surface area contributed by atoms with E-state index in [4.69, 9.17) is 4.74 Å². The van der Waals surface area contributed by atoms with Crippen LogP contribution in [0.4, 0.5) is 0 Å². The summed E-state index contributed by atoms with van der Waals surface area (Å²) in [4.78, 5) is 21.4. The minimum absolute atomic E-state index is 0.0809. The van der Waals surface area contributed by atoms with E-state index in [1.165, 1.54) is 16.9 Å². The Morgan fingerprint density at radius 3 is 2.66 bits per heavy atom. The lowest BCUT2D eigenvalue weighted by Gasteiger charge is -2.14. The van der Waals surface area contributed by atoms with Gasteiger partial charge >= 0.3 is 0 Å². The predicted octanol–water partition coefficient (Wildman–Crippen LogP) is 2.90. The first-order valence-electron chi connectivity index (χ1n) is 9.98. The highest BCUT2D eigenvalue weighted by Gasteiger charge is 2.10. The summed E-state index contributed by atoms with van der Waals surface area (Å²) in [7, 11) is 0. The van der Waals surface area contributed by atoms with Crippen molar-refractivity contribution < 1.29 is 9.53 Å².